The number of benzene rings is 2. The minimum Gasteiger partial charge on any atom is -0.366 e. The van der Waals surface area contributed by atoms with Crippen LogP contribution in [0.1, 0.15) is 12.8 Å². The standard InChI is InChI=1S/C21H21FN4O2/c22-17-8-4-5-9-19(17)24-12-14-25(15-13-24)21(28)18-10-11-20(27)26(23-18)16-6-2-1-3-7-16/h1-9H,10-15H2. The van der Waals surface area contributed by atoms with Crippen molar-refractivity contribution in [1.82, 2.24) is 4.90 Å². The van der Waals surface area contributed by atoms with Crippen molar-refractivity contribution in [2.24, 2.45) is 5.10 Å². The van der Waals surface area contributed by atoms with Gasteiger partial charge in [-0.15, -0.1) is 0 Å². The lowest BCUT2D eigenvalue weighted by Gasteiger charge is -2.36. The number of hydrogen-bond acceptors (Lipinski definition) is 4. The Kier molecular flexibility index (Phi) is 5.06. The van der Waals surface area contributed by atoms with Crippen LogP contribution in [0.25, 0.3) is 0 Å². The van der Waals surface area contributed by atoms with E-state index in [-0.39, 0.29) is 24.1 Å². The molecule has 144 valence electrons. The van der Waals surface area contributed by atoms with Gasteiger partial charge in [0.15, 0.2) is 0 Å². The third kappa shape index (κ3) is 3.60. The molecular formula is C21H21FN4O2. The molecule has 0 aliphatic carbocycles. The molecule has 0 radical (unpaired) electrons. The van der Waals surface area contributed by atoms with Crippen molar-refractivity contribution < 1.29 is 14.0 Å². The summed E-state index contributed by atoms with van der Waals surface area (Å²) in [5.74, 6) is -0.523. The van der Waals surface area contributed by atoms with Crippen molar-refractivity contribution in [3.8, 4) is 0 Å². The molecule has 6 nitrogen and oxygen atoms in total. The van der Waals surface area contributed by atoms with Gasteiger partial charge in [0.05, 0.1) is 11.4 Å². The highest BCUT2D eigenvalue weighted by molar-refractivity contribution is 6.40. The van der Waals surface area contributed by atoms with Gasteiger partial charge in [-0.05, 0) is 24.3 Å². The van der Waals surface area contributed by atoms with E-state index in [0.717, 1.165) is 0 Å². The molecule has 2 aromatic carbocycles. The first-order valence-electron chi connectivity index (χ1n) is 9.38. The monoisotopic (exact) mass is 380 g/mol. The van der Waals surface area contributed by atoms with Gasteiger partial charge in [-0.1, -0.05) is 30.3 Å². The van der Waals surface area contributed by atoms with Gasteiger partial charge in [-0.25, -0.2) is 9.40 Å². The van der Waals surface area contributed by atoms with Crippen molar-refractivity contribution in [3.05, 3.63) is 60.4 Å². The maximum absolute atomic E-state index is 14.0. The molecule has 1 saturated heterocycles. The zero-order valence-corrected chi connectivity index (χ0v) is 15.4. The van der Waals surface area contributed by atoms with Crippen LogP contribution in [-0.2, 0) is 9.59 Å². The fraction of sp³-hybridized carbons (Fsp3) is 0.286. The number of para-hydroxylation sites is 2. The van der Waals surface area contributed by atoms with Crippen LogP contribution in [0.2, 0.25) is 0 Å². The fourth-order valence-corrected chi connectivity index (χ4v) is 3.52. The highest BCUT2D eigenvalue weighted by atomic mass is 19.1. The summed E-state index contributed by atoms with van der Waals surface area (Å²) in [5, 5.41) is 5.65. The van der Waals surface area contributed by atoms with Crippen molar-refractivity contribution in [2.75, 3.05) is 36.1 Å². The van der Waals surface area contributed by atoms with Crippen molar-refractivity contribution in [2.45, 2.75) is 12.8 Å². The smallest absolute Gasteiger partial charge is 0.270 e. The van der Waals surface area contributed by atoms with E-state index in [2.05, 4.69) is 5.10 Å². The lowest BCUT2D eigenvalue weighted by Crippen LogP contribution is -2.51. The number of amides is 2. The molecule has 2 aliphatic rings. The predicted octanol–water partition coefficient (Wildman–Crippen LogP) is 2.66. The van der Waals surface area contributed by atoms with Crippen LogP contribution < -0.4 is 9.91 Å². The van der Waals surface area contributed by atoms with Crippen LogP contribution in [0, 0.1) is 5.82 Å². The fourth-order valence-electron chi connectivity index (χ4n) is 3.52. The molecule has 2 aliphatic heterocycles. The number of anilines is 2. The minimum atomic E-state index is -0.254. The maximum Gasteiger partial charge on any atom is 0.270 e. The van der Waals surface area contributed by atoms with E-state index >= 15 is 0 Å². The minimum absolute atomic E-state index is 0.118. The number of halogens is 1. The Hall–Kier alpha value is -3.22. The molecule has 2 amide bonds. The lowest BCUT2D eigenvalue weighted by molar-refractivity contribution is -0.124. The molecule has 0 spiro atoms. The SMILES string of the molecule is O=C(C1=NN(c2ccccc2)C(=O)CC1)N1CCN(c2ccccc2F)CC1. The number of carbonyl (C=O) groups excluding carboxylic acids is 2. The quantitative estimate of drug-likeness (QED) is 0.823. The van der Waals surface area contributed by atoms with Gasteiger partial charge >= 0.3 is 0 Å². The summed E-state index contributed by atoms with van der Waals surface area (Å²) in [6, 6.07) is 15.8. The molecule has 28 heavy (non-hydrogen) atoms. The highest BCUT2D eigenvalue weighted by Crippen LogP contribution is 2.22. The third-order valence-electron chi connectivity index (χ3n) is 5.04. The highest BCUT2D eigenvalue weighted by Gasteiger charge is 2.30. The number of hydrogen-bond donors (Lipinski definition) is 0. The van der Waals surface area contributed by atoms with Gasteiger partial charge in [-0.2, -0.15) is 5.10 Å². The van der Waals surface area contributed by atoms with E-state index in [1.807, 2.05) is 29.2 Å². The van der Waals surface area contributed by atoms with Crippen molar-refractivity contribution in [1.29, 1.82) is 0 Å². The molecule has 7 heteroatoms. The number of nitrogens with zero attached hydrogens (tertiary/aromatic N) is 4. The van der Waals surface area contributed by atoms with Crippen molar-refractivity contribution in [3.63, 3.8) is 0 Å². The molecule has 0 unspecified atom stereocenters. The molecule has 0 N–H and O–H groups in total. The molecule has 0 bridgehead atoms. The van der Waals surface area contributed by atoms with Crippen LogP contribution in [-0.4, -0.2) is 48.6 Å². The molecule has 4 rings (SSSR count). The first kappa shape index (κ1) is 18.2. The lowest BCUT2D eigenvalue weighted by atomic mass is 10.1. The molecule has 1 fully saturated rings. The maximum atomic E-state index is 14.0. The molecule has 0 saturated carbocycles. The average Bonchev–Trinajstić information content (AvgIpc) is 2.75. The van der Waals surface area contributed by atoms with E-state index in [0.29, 0.717) is 49.7 Å². The first-order valence-corrected chi connectivity index (χ1v) is 9.38. The van der Waals surface area contributed by atoms with Crippen LogP contribution in [0.5, 0.6) is 0 Å². The van der Waals surface area contributed by atoms with Gasteiger partial charge in [0.25, 0.3) is 5.91 Å². The molecule has 2 aromatic rings. The normalized spacial score (nSPS) is 17.5. The van der Waals surface area contributed by atoms with Gasteiger partial charge in [0.1, 0.15) is 11.5 Å². The predicted molar refractivity (Wildman–Crippen MR) is 106 cm³/mol. The Labute approximate surface area is 162 Å². The summed E-state index contributed by atoms with van der Waals surface area (Å²) in [4.78, 5) is 28.8. The topological polar surface area (TPSA) is 56.2 Å². The van der Waals surface area contributed by atoms with Crippen LogP contribution in [0.3, 0.4) is 0 Å². The Bertz CT molecular complexity index is 908. The molecule has 0 atom stereocenters. The van der Waals surface area contributed by atoms with E-state index < -0.39 is 0 Å². The summed E-state index contributed by atoms with van der Waals surface area (Å²) >= 11 is 0. The van der Waals surface area contributed by atoms with Gasteiger partial charge < -0.3 is 9.80 Å². The zero-order valence-electron chi connectivity index (χ0n) is 15.4. The number of hydrazone groups is 1. The van der Waals surface area contributed by atoms with E-state index in [4.69, 9.17) is 0 Å². The number of carbonyl (C=O) groups is 2. The van der Waals surface area contributed by atoms with E-state index in [9.17, 15) is 14.0 Å². The zero-order chi connectivity index (χ0) is 19.5. The number of rotatable bonds is 3. The van der Waals surface area contributed by atoms with E-state index in [1.54, 1.807) is 29.2 Å². The van der Waals surface area contributed by atoms with Gasteiger partial charge in [0.2, 0.25) is 5.91 Å². The Morgan fingerprint density at radius 3 is 2.29 bits per heavy atom. The Morgan fingerprint density at radius 1 is 0.893 bits per heavy atom. The molecule has 2 heterocycles. The summed E-state index contributed by atoms with van der Waals surface area (Å²) in [6.45, 7) is 2.10. The molecular weight excluding hydrogens is 359 g/mol. The summed E-state index contributed by atoms with van der Waals surface area (Å²) in [7, 11) is 0. The van der Waals surface area contributed by atoms with Crippen LogP contribution in [0.4, 0.5) is 15.8 Å². The number of piperazine rings is 1. The summed E-state index contributed by atoms with van der Waals surface area (Å²) < 4.78 is 14.0. The Morgan fingerprint density at radius 2 is 1.57 bits per heavy atom. The summed E-state index contributed by atoms with van der Waals surface area (Å²) in [6.07, 6.45) is 0.600. The average molecular weight is 380 g/mol. The van der Waals surface area contributed by atoms with Crippen LogP contribution >= 0.6 is 0 Å². The van der Waals surface area contributed by atoms with Gasteiger partial charge in [-0.3, -0.25) is 9.59 Å². The second kappa shape index (κ2) is 7.80. The Balaban J connectivity index is 1.45. The molecule has 0 aromatic heterocycles. The van der Waals surface area contributed by atoms with E-state index in [1.165, 1.54) is 11.1 Å². The van der Waals surface area contributed by atoms with Gasteiger partial charge in [0, 0.05) is 39.0 Å². The second-order valence-electron chi connectivity index (χ2n) is 6.82. The summed E-state index contributed by atoms with van der Waals surface area (Å²) in [5.41, 5.74) is 1.61. The first-order chi connectivity index (χ1) is 13.6. The third-order valence-corrected chi connectivity index (χ3v) is 5.04. The van der Waals surface area contributed by atoms with Crippen LogP contribution in [0.15, 0.2) is 59.7 Å². The van der Waals surface area contributed by atoms with Crippen molar-refractivity contribution >= 4 is 28.9 Å². The largest absolute Gasteiger partial charge is 0.366 e. The second-order valence-corrected chi connectivity index (χ2v) is 6.82.